The molecule has 1 aromatic rings. The molecule has 22 heavy (non-hydrogen) atoms. The molecule has 0 radical (unpaired) electrons. The van der Waals surface area contributed by atoms with Crippen molar-refractivity contribution in [3.63, 3.8) is 0 Å². The molecule has 3 N–H and O–H groups in total. The van der Waals surface area contributed by atoms with E-state index in [0.29, 0.717) is 17.8 Å². The molecule has 0 bridgehead atoms. The molecular formula is C9H8N4O8S. The van der Waals surface area contributed by atoms with Crippen LogP contribution in [0.4, 0.5) is 17.1 Å². The monoisotopic (exact) mass is 332 g/mol. The summed E-state index contributed by atoms with van der Waals surface area (Å²) in [6.45, 7) is 0. The number of nitro benzene ring substituents is 3. The van der Waals surface area contributed by atoms with Gasteiger partial charge in [-0.2, -0.15) is 0 Å². The van der Waals surface area contributed by atoms with Crippen LogP contribution >= 0.6 is 11.8 Å². The van der Waals surface area contributed by atoms with Gasteiger partial charge in [0.05, 0.1) is 14.8 Å². The normalized spacial score (nSPS) is 11.7. The predicted molar refractivity (Wildman–Crippen MR) is 72.7 cm³/mol. The standard InChI is InChI=1S/C9H8N4O8S/c10-4(9(14)15)3-22-8-6(12(18)19)2-1-5(11(16)17)7(8)13(20)21/h1-2,4H,3,10H2,(H,14,15)/t4-/m0/s1. The van der Waals surface area contributed by atoms with Crippen molar-refractivity contribution in [3.8, 4) is 0 Å². The van der Waals surface area contributed by atoms with Crippen molar-refractivity contribution in [2.24, 2.45) is 5.73 Å². The smallest absolute Gasteiger partial charge is 0.366 e. The summed E-state index contributed by atoms with van der Waals surface area (Å²) in [5.74, 6) is -1.85. The third-order valence-electron chi connectivity index (χ3n) is 2.39. The van der Waals surface area contributed by atoms with Gasteiger partial charge >= 0.3 is 17.3 Å². The summed E-state index contributed by atoms with van der Waals surface area (Å²) < 4.78 is 0. The maximum Gasteiger partial charge on any atom is 0.366 e. The molecule has 0 unspecified atom stereocenters. The Hall–Kier alpha value is -2.80. The third kappa shape index (κ3) is 3.64. The topological polar surface area (TPSA) is 193 Å². The van der Waals surface area contributed by atoms with Gasteiger partial charge < -0.3 is 10.8 Å². The van der Waals surface area contributed by atoms with Gasteiger partial charge in [-0.05, 0) is 0 Å². The quantitative estimate of drug-likeness (QED) is 0.411. The highest BCUT2D eigenvalue weighted by molar-refractivity contribution is 7.99. The number of carbonyl (C=O) groups is 1. The Labute approximate surface area is 125 Å². The molecule has 0 fully saturated rings. The van der Waals surface area contributed by atoms with Crippen molar-refractivity contribution in [1.82, 2.24) is 0 Å². The van der Waals surface area contributed by atoms with Crippen molar-refractivity contribution in [2.45, 2.75) is 10.9 Å². The summed E-state index contributed by atoms with van der Waals surface area (Å²) in [6, 6.07) is -0.0412. The highest BCUT2D eigenvalue weighted by atomic mass is 32.2. The lowest BCUT2D eigenvalue weighted by Gasteiger charge is -2.07. The Morgan fingerprint density at radius 1 is 1.14 bits per heavy atom. The molecule has 0 aliphatic carbocycles. The van der Waals surface area contributed by atoms with E-state index >= 15 is 0 Å². The van der Waals surface area contributed by atoms with E-state index in [0.717, 1.165) is 6.07 Å². The number of thioether (sulfide) groups is 1. The molecule has 0 aromatic heterocycles. The molecule has 1 rings (SSSR count). The summed E-state index contributed by atoms with van der Waals surface area (Å²) in [7, 11) is 0. The minimum atomic E-state index is -1.44. The molecule has 118 valence electrons. The summed E-state index contributed by atoms with van der Waals surface area (Å²) >= 11 is 0.405. The molecule has 12 nitrogen and oxygen atoms in total. The molecule has 1 atom stereocenters. The minimum Gasteiger partial charge on any atom is -0.480 e. The van der Waals surface area contributed by atoms with E-state index in [9.17, 15) is 35.1 Å². The van der Waals surface area contributed by atoms with Crippen molar-refractivity contribution < 1.29 is 24.7 Å². The Morgan fingerprint density at radius 2 is 1.64 bits per heavy atom. The number of carboxylic acids is 1. The number of rotatable bonds is 7. The average Bonchev–Trinajstić information content (AvgIpc) is 2.42. The average molecular weight is 332 g/mol. The number of benzene rings is 1. The van der Waals surface area contributed by atoms with E-state index in [2.05, 4.69) is 0 Å². The fourth-order valence-electron chi connectivity index (χ4n) is 1.40. The number of nitrogens with two attached hydrogens (primary N) is 1. The van der Waals surface area contributed by atoms with Crippen LogP contribution in [0.25, 0.3) is 0 Å². The van der Waals surface area contributed by atoms with Gasteiger partial charge in [0.25, 0.3) is 5.69 Å². The first-order valence-electron chi connectivity index (χ1n) is 5.38. The first kappa shape index (κ1) is 17.3. The second kappa shape index (κ2) is 6.77. The Balaban J connectivity index is 3.44. The number of nitrogens with zero attached hydrogens (tertiary/aromatic N) is 3. The van der Waals surface area contributed by atoms with Gasteiger partial charge in [0.15, 0.2) is 4.90 Å². The second-order valence-corrected chi connectivity index (χ2v) is 4.84. The zero-order valence-electron chi connectivity index (χ0n) is 10.6. The zero-order valence-corrected chi connectivity index (χ0v) is 11.4. The largest absolute Gasteiger partial charge is 0.480 e. The fourth-order valence-corrected chi connectivity index (χ4v) is 2.50. The summed E-state index contributed by atoms with van der Waals surface area (Å²) in [5.41, 5.74) is 2.49. The molecule has 0 aliphatic rings. The predicted octanol–water partition coefficient (Wildman–Crippen LogP) is 0.915. The van der Waals surface area contributed by atoms with Crippen LogP contribution < -0.4 is 5.73 Å². The maximum absolute atomic E-state index is 11.0. The van der Waals surface area contributed by atoms with Crippen molar-refractivity contribution in [3.05, 3.63) is 42.5 Å². The van der Waals surface area contributed by atoms with Crippen LogP contribution in [0.1, 0.15) is 0 Å². The lowest BCUT2D eigenvalue weighted by Crippen LogP contribution is -2.32. The molecule has 1 aromatic carbocycles. The lowest BCUT2D eigenvalue weighted by molar-refractivity contribution is -0.427. The second-order valence-electron chi connectivity index (χ2n) is 3.81. The van der Waals surface area contributed by atoms with Gasteiger partial charge in [0, 0.05) is 17.9 Å². The Kier molecular flexibility index (Phi) is 5.31. The number of carboxylic acid groups (broad SMARTS) is 1. The summed E-state index contributed by atoms with van der Waals surface area (Å²) in [6.07, 6.45) is 0. The zero-order chi connectivity index (χ0) is 17.0. The van der Waals surface area contributed by atoms with Crippen LogP contribution in [-0.4, -0.2) is 37.6 Å². The number of nitro groups is 3. The first-order chi connectivity index (χ1) is 10.2. The molecule has 0 saturated heterocycles. The van der Waals surface area contributed by atoms with Gasteiger partial charge in [-0.15, -0.1) is 11.8 Å². The molecular weight excluding hydrogens is 324 g/mol. The molecule has 0 heterocycles. The van der Waals surface area contributed by atoms with E-state index in [1.807, 2.05) is 0 Å². The van der Waals surface area contributed by atoms with Crippen LogP contribution in [0.15, 0.2) is 17.0 Å². The number of hydrogen-bond acceptors (Lipinski definition) is 9. The summed E-state index contributed by atoms with van der Waals surface area (Å²) in [4.78, 5) is 39.6. The van der Waals surface area contributed by atoms with E-state index < -0.39 is 54.5 Å². The van der Waals surface area contributed by atoms with E-state index in [-0.39, 0.29) is 0 Å². The highest BCUT2D eigenvalue weighted by Crippen LogP contribution is 2.43. The van der Waals surface area contributed by atoms with E-state index in [1.54, 1.807) is 0 Å². The van der Waals surface area contributed by atoms with Crippen LogP contribution in [0.5, 0.6) is 0 Å². The summed E-state index contributed by atoms with van der Waals surface area (Å²) in [5, 5.41) is 41.4. The third-order valence-corrected chi connectivity index (χ3v) is 3.61. The van der Waals surface area contributed by atoms with Crippen molar-refractivity contribution >= 4 is 34.8 Å². The highest BCUT2D eigenvalue weighted by Gasteiger charge is 2.35. The number of hydrogen-bond donors (Lipinski definition) is 2. The van der Waals surface area contributed by atoms with Crippen molar-refractivity contribution in [2.75, 3.05) is 5.75 Å². The van der Waals surface area contributed by atoms with Crippen LogP contribution in [0.2, 0.25) is 0 Å². The van der Waals surface area contributed by atoms with Gasteiger partial charge in [0.2, 0.25) is 0 Å². The maximum atomic E-state index is 11.0. The van der Waals surface area contributed by atoms with E-state index in [1.165, 1.54) is 0 Å². The van der Waals surface area contributed by atoms with Gasteiger partial charge in [-0.25, -0.2) is 0 Å². The lowest BCUT2D eigenvalue weighted by atomic mass is 10.2. The molecule has 13 heteroatoms. The molecule has 0 aliphatic heterocycles. The van der Waals surface area contributed by atoms with E-state index in [4.69, 9.17) is 10.8 Å². The van der Waals surface area contributed by atoms with Crippen LogP contribution in [0.3, 0.4) is 0 Å². The fraction of sp³-hybridized carbons (Fsp3) is 0.222. The molecule has 0 amide bonds. The van der Waals surface area contributed by atoms with Gasteiger partial charge in [-0.3, -0.25) is 35.1 Å². The van der Waals surface area contributed by atoms with Crippen molar-refractivity contribution in [1.29, 1.82) is 0 Å². The molecule has 0 saturated carbocycles. The first-order valence-corrected chi connectivity index (χ1v) is 6.36. The Bertz CT molecular complexity index is 663. The van der Waals surface area contributed by atoms with Crippen LogP contribution in [0, 0.1) is 30.3 Å². The minimum absolute atomic E-state index is 0.405. The number of aliphatic carboxylic acids is 1. The van der Waals surface area contributed by atoms with Crippen LogP contribution in [-0.2, 0) is 4.79 Å². The SMILES string of the molecule is N[C@@H](CSc1c([N+](=O)[O-])ccc([N+](=O)[O-])c1[N+](=O)[O-])C(=O)O. The molecule has 0 spiro atoms. The Morgan fingerprint density at radius 3 is 2.05 bits per heavy atom. The van der Waals surface area contributed by atoms with Gasteiger partial charge in [-0.1, -0.05) is 0 Å². The van der Waals surface area contributed by atoms with Gasteiger partial charge in [0.1, 0.15) is 6.04 Å².